The molecule has 0 aromatic heterocycles. The molecule has 0 aromatic carbocycles. The zero-order chi connectivity index (χ0) is 7.94. The summed E-state index contributed by atoms with van der Waals surface area (Å²) in [7, 11) is 0. The molecule has 1 nitrogen and oxygen atoms in total. The third-order valence-corrected chi connectivity index (χ3v) is 2.10. The molecule has 1 fully saturated rings. The van der Waals surface area contributed by atoms with Gasteiger partial charge in [-0.15, -0.1) is 0 Å². The molecule has 1 saturated heterocycles. The van der Waals surface area contributed by atoms with Gasteiger partial charge in [-0.1, -0.05) is 0 Å². The van der Waals surface area contributed by atoms with Crippen molar-refractivity contribution in [2.24, 2.45) is 0 Å². The number of halogens is 2. The Kier molecular flexibility index (Phi) is 13.2. The SMILES string of the molecule is C1CCOC1.[Cl-].[Cl-].[V+2][C]1=CC=CC1. The van der Waals surface area contributed by atoms with Crippen LogP contribution in [0, 0.1) is 0 Å². The van der Waals surface area contributed by atoms with Crippen molar-refractivity contribution in [2.45, 2.75) is 19.3 Å². The van der Waals surface area contributed by atoms with E-state index in [1.807, 2.05) is 0 Å². The molecular formula is C9H13Cl2OV. The first-order valence-corrected chi connectivity index (χ1v) is 4.72. The van der Waals surface area contributed by atoms with Crippen molar-refractivity contribution < 1.29 is 47.0 Å². The second-order valence-corrected chi connectivity index (χ2v) is 3.51. The van der Waals surface area contributed by atoms with Crippen LogP contribution in [-0.4, -0.2) is 13.2 Å². The monoisotopic (exact) mass is 258 g/mol. The first-order chi connectivity index (χ1) is 5.39. The van der Waals surface area contributed by atoms with Gasteiger partial charge in [0.2, 0.25) is 0 Å². The Hall–Kier alpha value is 0.604. The molecule has 1 aliphatic heterocycles. The molecule has 0 radical (unpaired) electrons. The number of hydrogen-bond donors (Lipinski definition) is 0. The second kappa shape index (κ2) is 10.7. The average molecular weight is 259 g/mol. The van der Waals surface area contributed by atoms with Crippen molar-refractivity contribution in [3.63, 3.8) is 0 Å². The molecule has 0 aromatic rings. The van der Waals surface area contributed by atoms with E-state index >= 15 is 0 Å². The average Bonchev–Trinajstić information content (AvgIpc) is 2.57. The Balaban J connectivity index is 0. The van der Waals surface area contributed by atoms with Crippen LogP contribution in [0.1, 0.15) is 19.3 Å². The fourth-order valence-electron chi connectivity index (χ4n) is 0.946. The van der Waals surface area contributed by atoms with Crippen LogP contribution in [0.2, 0.25) is 0 Å². The molecule has 2 rings (SSSR count). The summed E-state index contributed by atoms with van der Waals surface area (Å²) >= 11 is 2.54. The van der Waals surface area contributed by atoms with Gasteiger partial charge in [-0.25, -0.2) is 0 Å². The van der Waals surface area contributed by atoms with Gasteiger partial charge in [-0.3, -0.25) is 0 Å². The van der Waals surface area contributed by atoms with Gasteiger partial charge >= 0.3 is 46.4 Å². The minimum atomic E-state index is 0. The summed E-state index contributed by atoms with van der Waals surface area (Å²) in [6, 6.07) is 0. The fourth-order valence-corrected chi connectivity index (χ4v) is 1.25. The molecule has 1 aliphatic carbocycles. The van der Waals surface area contributed by atoms with E-state index in [9.17, 15) is 0 Å². The first kappa shape index (κ1) is 16.1. The molecule has 0 atom stereocenters. The van der Waals surface area contributed by atoms with Crippen LogP contribution in [0.5, 0.6) is 0 Å². The van der Waals surface area contributed by atoms with E-state index in [0.717, 1.165) is 19.6 Å². The fraction of sp³-hybridized carbons (Fsp3) is 0.556. The minimum absolute atomic E-state index is 0. The Labute approximate surface area is 102 Å². The summed E-state index contributed by atoms with van der Waals surface area (Å²) in [6.07, 6.45) is 10.0. The van der Waals surface area contributed by atoms with Crippen LogP contribution in [-0.2, 0) is 22.2 Å². The number of rotatable bonds is 0. The van der Waals surface area contributed by atoms with E-state index in [0.29, 0.717) is 0 Å². The van der Waals surface area contributed by atoms with Gasteiger partial charge in [-0.05, 0) is 12.8 Å². The standard InChI is InChI=1S/C5H5.C4H8O.2ClH.V/c2*1-2-4-5-3-1;;;/h1-3H,4H2;1-4H2;2*1H;/q;;;;+2/p-2. The second-order valence-electron chi connectivity index (χ2n) is 2.61. The zero-order valence-electron chi connectivity index (χ0n) is 7.38. The van der Waals surface area contributed by atoms with Crippen LogP contribution in [0.4, 0.5) is 0 Å². The van der Waals surface area contributed by atoms with Gasteiger partial charge in [0.1, 0.15) is 0 Å². The van der Waals surface area contributed by atoms with E-state index in [1.54, 1.807) is 0 Å². The van der Waals surface area contributed by atoms with Crippen molar-refractivity contribution in [1.29, 1.82) is 0 Å². The van der Waals surface area contributed by atoms with Crippen LogP contribution in [0.25, 0.3) is 0 Å². The van der Waals surface area contributed by atoms with Crippen molar-refractivity contribution in [3.05, 3.63) is 22.5 Å². The summed E-state index contributed by atoms with van der Waals surface area (Å²) in [5.74, 6) is 0. The summed E-state index contributed by atoms with van der Waals surface area (Å²) in [6.45, 7) is 2.00. The first-order valence-electron chi connectivity index (χ1n) is 4.02. The predicted molar refractivity (Wildman–Crippen MR) is 41.9 cm³/mol. The molecule has 0 spiro atoms. The van der Waals surface area contributed by atoms with Crippen LogP contribution < -0.4 is 24.8 Å². The molecule has 0 bridgehead atoms. The maximum atomic E-state index is 4.94. The van der Waals surface area contributed by atoms with Gasteiger partial charge in [0, 0.05) is 13.2 Å². The normalized spacial score (nSPS) is 17.6. The van der Waals surface area contributed by atoms with Crippen molar-refractivity contribution in [1.82, 2.24) is 0 Å². The van der Waals surface area contributed by atoms with Crippen molar-refractivity contribution >= 4 is 0 Å². The van der Waals surface area contributed by atoms with E-state index in [-0.39, 0.29) is 24.8 Å². The molecule has 4 heteroatoms. The molecule has 0 saturated carbocycles. The molecule has 1 heterocycles. The van der Waals surface area contributed by atoms with Crippen molar-refractivity contribution in [3.8, 4) is 0 Å². The Morgan fingerprint density at radius 1 is 1.15 bits per heavy atom. The zero-order valence-corrected chi connectivity index (χ0v) is 10.3. The predicted octanol–water partition coefficient (Wildman–Crippen LogP) is -3.82. The van der Waals surface area contributed by atoms with Crippen LogP contribution in [0.3, 0.4) is 0 Å². The number of hydrogen-bond acceptors (Lipinski definition) is 1. The molecule has 74 valence electrons. The third-order valence-electron chi connectivity index (χ3n) is 1.58. The van der Waals surface area contributed by atoms with Gasteiger partial charge in [0.25, 0.3) is 0 Å². The molecular weight excluding hydrogens is 246 g/mol. The van der Waals surface area contributed by atoms with E-state index in [2.05, 4.69) is 35.7 Å². The Bertz CT molecular complexity index is 157. The summed E-state index contributed by atoms with van der Waals surface area (Å²) < 4.78 is 6.35. The van der Waals surface area contributed by atoms with Crippen LogP contribution >= 0.6 is 0 Å². The number of ether oxygens (including phenoxy) is 1. The summed E-state index contributed by atoms with van der Waals surface area (Å²) in [5.41, 5.74) is 0. The molecule has 2 aliphatic rings. The summed E-state index contributed by atoms with van der Waals surface area (Å²) in [4.78, 5) is 0. The summed E-state index contributed by atoms with van der Waals surface area (Å²) in [5, 5.41) is 0. The molecule has 13 heavy (non-hydrogen) atoms. The van der Waals surface area contributed by atoms with Gasteiger partial charge < -0.3 is 29.6 Å². The van der Waals surface area contributed by atoms with E-state index < -0.39 is 0 Å². The Morgan fingerprint density at radius 2 is 1.77 bits per heavy atom. The quantitative estimate of drug-likeness (QED) is 0.433. The molecule has 0 amide bonds. The van der Waals surface area contributed by atoms with Crippen molar-refractivity contribution in [2.75, 3.05) is 13.2 Å². The van der Waals surface area contributed by atoms with Gasteiger partial charge in [-0.2, -0.15) is 0 Å². The number of allylic oxidation sites excluding steroid dienone is 4. The Morgan fingerprint density at radius 3 is 1.92 bits per heavy atom. The molecule has 0 N–H and O–H groups in total. The van der Waals surface area contributed by atoms with Gasteiger partial charge in [0.15, 0.2) is 0 Å². The topological polar surface area (TPSA) is 9.23 Å². The van der Waals surface area contributed by atoms with E-state index in [1.165, 1.54) is 17.1 Å². The maximum absolute atomic E-state index is 4.94. The molecule has 0 unspecified atom stereocenters. The van der Waals surface area contributed by atoms with E-state index in [4.69, 9.17) is 4.74 Å². The van der Waals surface area contributed by atoms with Crippen LogP contribution in [0.15, 0.2) is 22.5 Å². The van der Waals surface area contributed by atoms with Gasteiger partial charge in [0.05, 0.1) is 0 Å². The third kappa shape index (κ3) is 8.92.